The number of hydrogen-bond acceptors (Lipinski definition) is 2. The lowest BCUT2D eigenvalue weighted by Crippen LogP contribution is -2.09. The van der Waals surface area contributed by atoms with Gasteiger partial charge in [0.25, 0.3) is 0 Å². The van der Waals surface area contributed by atoms with Gasteiger partial charge in [0.05, 0.1) is 0 Å². The van der Waals surface area contributed by atoms with Crippen molar-refractivity contribution in [3.05, 3.63) is 108 Å². The molecule has 3 aromatic rings. The monoisotopic (exact) mass is 312 g/mol. The van der Waals surface area contributed by atoms with E-state index < -0.39 is 5.92 Å². The number of carbonyl (C=O) groups excluding carboxylic acids is 1. The molecule has 0 amide bonds. The normalized spacial score (nSPS) is 17.0. The molecule has 1 atom stereocenters. The van der Waals surface area contributed by atoms with E-state index in [4.69, 9.17) is 4.74 Å². The fraction of sp³-hybridized carbons (Fsp3) is 0.0455. The van der Waals surface area contributed by atoms with Gasteiger partial charge in [0, 0.05) is 11.1 Å². The van der Waals surface area contributed by atoms with E-state index in [1.54, 1.807) is 0 Å². The second-order valence-electron chi connectivity index (χ2n) is 5.74. The third-order valence-electron chi connectivity index (χ3n) is 4.23. The van der Waals surface area contributed by atoms with Gasteiger partial charge in [0.15, 0.2) is 0 Å². The van der Waals surface area contributed by atoms with E-state index in [0.29, 0.717) is 5.76 Å². The standard InChI is InChI=1S/C22H16O2/c23-22-20(17-12-6-2-7-13-17)19(16-10-4-1-5-11-16)21(24-22)18-14-8-3-9-15-18/h1-15,20H/t20-/m0/s1. The van der Waals surface area contributed by atoms with Crippen LogP contribution in [0.1, 0.15) is 22.6 Å². The number of ether oxygens (including phenoxy) is 1. The summed E-state index contributed by atoms with van der Waals surface area (Å²) >= 11 is 0. The topological polar surface area (TPSA) is 26.3 Å². The Kier molecular flexibility index (Phi) is 3.72. The quantitative estimate of drug-likeness (QED) is 0.643. The largest absolute Gasteiger partial charge is 0.425 e. The molecule has 2 heteroatoms. The number of rotatable bonds is 3. The van der Waals surface area contributed by atoms with Gasteiger partial charge in [-0.25, -0.2) is 0 Å². The Bertz CT molecular complexity index is 881. The maximum Gasteiger partial charge on any atom is 0.323 e. The van der Waals surface area contributed by atoms with Crippen molar-refractivity contribution in [2.24, 2.45) is 0 Å². The van der Waals surface area contributed by atoms with E-state index >= 15 is 0 Å². The first-order valence-electron chi connectivity index (χ1n) is 7.96. The average Bonchev–Trinajstić information content (AvgIpc) is 3.01. The minimum absolute atomic E-state index is 0.223. The van der Waals surface area contributed by atoms with Crippen molar-refractivity contribution < 1.29 is 9.53 Å². The zero-order chi connectivity index (χ0) is 16.4. The third kappa shape index (κ3) is 2.52. The van der Waals surface area contributed by atoms with Crippen LogP contribution in [0.5, 0.6) is 0 Å². The van der Waals surface area contributed by atoms with Gasteiger partial charge in [0.1, 0.15) is 11.7 Å². The highest BCUT2D eigenvalue weighted by Crippen LogP contribution is 2.45. The van der Waals surface area contributed by atoms with E-state index in [-0.39, 0.29) is 5.97 Å². The first-order chi connectivity index (χ1) is 11.8. The Morgan fingerprint density at radius 3 is 1.71 bits per heavy atom. The number of hydrogen-bond donors (Lipinski definition) is 0. The summed E-state index contributed by atoms with van der Waals surface area (Å²) in [5.74, 6) is 0.0309. The fourth-order valence-corrected chi connectivity index (χ4v) is 3.13. The summed E-state index contributed by atoms with van der Waals surface area (Å²) in [5, 5.41) is 0. The molecule has 24 heavy (non-hydrogen) atoms. The van der Waals surface area contributed by atoms with Crippen molar-refractivity contribution in [1.29, 1.82) is 0 Å². The highest BCUT2D eigenvalue weighted by atomic mass is 16.5. The smallest absolute Gasteiger partial charge is 0.323 e. The van der Waals surface area contributed by atoms with Crippen LogP contribution in [-0.4, -0.2) is 5.97 Å². The Labute approximate surface area is 141 Å². The molecule has 0 saturated carbocycles. The summed E-state index contributed by atoms with van der Waals surface area (Å²) in [4.78, 5) is 12.7. The van der Waals surface area contributed by atoms with E-state index in [1.165, 1.54) is 0 Å². The summed E-state index contributed by atoms with van der Waals surface area (Å²) in [7, 11) is 0. The van der Waals surface area contributed by atoms with Crippen molar-refractivity contribution in [3.63, 3.8) is 0 Å². The summed E-state index contributed by atoms with van der Waals surface area (Å²) in [5.41, 5.74) is 3.81. The lowest BCUT2D eigenvalue weighted by molar-refractivity contribution is -0.135. The van der Waals surface area contributed by atoms with Crippen molar-refractivity contribution in [2.75, 3.05) is 0 Å². The van der Waals surface area contributed by atoms with Crippen LogP contribution in [0.25, 0.3) is 11.3 Å². The summed E-state index contributed by atoms with van der Waals surface area (Å²) < 4.78 is 5.72. The van der Waals surface area contributed by atoms with Crippen molar-refractivity contribution >= 4 is 17.3 Å². The minimum Gasteiger partial charge on any atom is -0.425 e. The van der Waals surface area contributed by atoms with Crippen LogP contribution in [0.2, 0.25) is 0 Å². The van der Waals surface area contributed by atoms with Crippen molar-refractivity contribution in [2.45, 2.75) is 5.92 Å². The molecule has 1 aliphatic heterocycles. The van der Waals surface area contributed by atoms with Crippen LogP contribution in [0.4, 0.5) is 0 Å². The third-order valence-corrected chi connectivity index (χ3v) is 4.23. The van der Waals surface area contributed by atoms with Gasteiger partial charge in [-0.3, -0.25) is 4.79 Å². The number of cyclic esters (lactones) is 1. The molecule has 116 valence electrons. The Hall–Kier alpha value is -3.13. The predicted octanol–water partition coefficient (Wildman–Crippen LogP) is 4.90. The van der Waals surface area contributed by atoms with Gasteiger partial charge < -0.3 is 4.74 Å². The SMILES string of the molecule is O=C1OC(c2ccccc2)=C(c2ccccc2)[C@@H]1c1ccccc1. The zero-order valence-electron chi connectivity index (χ0n) is 13.1. The molecule has 1 heterocycles. The molecule has 0 aromatic heterocycles. The van der Waals surface area contributed by atoms with Gasteiger partial charge in [-0.15, -0.1) is 0 Å². The van der Waals surface area contributed by atoms with Crippen molar-refractivity contribution in [3.8, 4) is 0 Å². The molecule has 1 aliphatic rings. The van der Waals surface area contributed by atoms with Crippen LogP contribution in [0.15, 0.2) is 91.0 Å². The molecule has 0 unspecified atom stereocenters. The van der Waals surface area contributed by atoms with Crippen LogP contribution < -0.4 is 0 Å². The molecule has 0 spiro atoms. The van der Waals surface area contributed by atoms with Gasteiger partial charge in [-0.2, -0.15) is 0 Å². The molecule has 0 saturated heterocycles. The minimum atomic E-state index is -0.399. The second-order valence-corrected chi connectivity index (χ2v) is 5.74. The zero-order valence-corrected chi connectivity index (χ0v) is 13.1. The van der Waals surface area contributed by atoms with Crippen LogP contribution in [0.3, 0.4) is 0 Å². The summed E-state index contributed by atoms with van der Waals surface area (Å²) in [6.45, 7) is 0. The Morgan fingerprint density at radius 1 is 0.625 bits per heavy atom. The molecule has 0 fully saturated rings. The van der Waals surface area contributed by atoms with E-state index in [0.717, 1.165) is 22.3 Å². The Balaban J connectivity index is 1.94. The molecule has 4 rings (SSSR count). The van der Waals surface area contributed by atoms with Gasteiger partial charge in [0.2, 0.25) is 0 Å². The molecule has 0 aliphatic carbocycles. The fourth-order valence-electron chi connectivity index (χ4n) is 3.13. The maximum absolute atomic E-state index is 12.7. The van der Waals surface area contributed by atoms with Crippen LogP contribution in [0, 0.1) is 0 Å². The summed E-state index contributed by atoms with van der Waals surface area (Å²) in [6, 6.07) is 29.6. The summed E-state index contributed by atoms with van der Waals surface area (Å²) in [6.07, 6.45) is 0. The number of carbonyl (C=O) groups is 1. The molecular formula is C22H16O2. The highest BCUT2D eigenvalue weighted by molar-refractivity contribution is 6.09. The number of benzene rings is 3. The average molecular weight is 312 g/mol. The van der Waals surface area contributed by atoms with Gasteiger partial charge >= 0.3 is 5.97 Å². The molecule has 0 N–H and O–H groups in total. The Morgan fingerprint density at radius 2 is 1.12 bits per heavy atom. The first-order valence-corrected chi connectivity index (χ1v) is 7.96. The maximum atomic E-state index is 12.7. The van der Waals surface area contributed by atoms with Crippen molar-refractivity contribution in [1.82, 2.24) is 0 Å². The predicted molar refractivity (Wildman–Crippen MR) is 95.0 cm³/mol. The lowest BCUT2D eigenvalue weighted by atomic mass is 9.86. The molecule has 0 bridgehead atoms. The van der Waals surface area contributed by atoms with Gasteiger partial charge in [-0.05, 0) is 11.1 Å². The molecule has 3 aromatic carbocycles. The number of esters is 1. The van der Waals surface area contributed by atoms with E-state index in [1.807, 2.05) is 91.0 Å². The second kappa shape index (κ2) is 6.17. The molecule has 2 nitrogen and oxygen atoms in total. The van der Waals surface area contributed by atoms with Gasteiger partial charge in [-0.1, -0.05) is 91.0 Å². The first kappa shape index (κ1) is 14.5. The molecule has 0 radical (unpaired) electrons. The van der Waals surface area contributed by atoms with Crippen LogP contribution >= 0.6 is 0 Å². The molecular weight excluding hydrogens is 296 g/mol. The van der Waals surface area contributed by atoms with E-state index in [9.17, 15) is 4.79 Å². The lowest BCUT2D eigenvalue weighted by Gasteiger charge is -2.12. The van der Waals surface area contributed by atoms with Crippen LogP contribution in [-0.2, 0) is 9.53 Å². The van der Waals surface area contributed by atoms with E-state index in [2.05, 4.69) is 0 Å². The highest BCUT2D eigenvalue weighted by Gasteiger charge is 2.38.